The minimum absolute atomic E-state index is 0.329. The summed E-state index contributed by atoms with van der Waals surface area (Å²) in [7, 11) is 2.08. The van der Waals surface area contributed by atoms with Crippen molar-refractivity contribution >= 4 is 16.9 Å². The Morgan fingerprint density at radius 3 is 2.34 bits per heavy atom. The van der Waals surface area contributed by atoms with Crippen LogP contribution in [-0.2, 0) is 7.05 Å². The highest BCUT2D eigenvalue weighted by Crippen LogP contribution is 2.32. The molecule has 0 aliphatic carbocycles. The van der Waals surface area contributed by atoms with Gasteiger partial charge in [-0.15, -0.1) is 5.10 Å². The van der Waals surface area contributed by atoms with Crippen LogP contribution in [0, 0.1) is 13.8 Å². The van der Waals surface area contributed by atoms with Gasteiger partial charge in [0, 0.05) is 26.2 Å². The van der Waals surface area contributed by atoms with Gasteiger partial charge in [-0.25, -0.2) is 19.9 Å². The van der Waals surface area contributed by atoms with Gasteiger partial charge < -0.3 is 14.6 Å². The second kappa shape index (κ2) is 8.28. The zero-order valence-corrected chi connectivity index (χ0v) is 19.9. The molecule has 2 aromatic carbocycles. The van der Waals surface area contributed by atoms with Crippen LogP contribution in [0.5, 0.6) is 0 Å². The van der Waals surface area contributed by atoms with Gasteiger partial charge in [0.05, 0.1) is 17.0 Å². The minimum atomic E-state index is -0.915. The molecule has 0 spiro atoms. The van der Waals surface area contributed by atoms with Gasteiger partial charge in [-0.3, -0.25) is 0 Å². The van der Waals surface area contributed by atoms with E-state index in [1.165, 1.54) is 0 Å². The predicted molar refractivity (Wildman–Crippen MR) is 133 cm³/mol. The summed E-state index contributed by atoms with van der Waals surface area (Å²) in [4.78, 5) is 20.9. The molecule has 5 aromatic rings. The quantitative estimate of drug-likeness (QED) is 0.425. The first-order chi connectivity index (χ1) is 17.0. The molecule has 9 nitrogen and oxygen atoms in total. The average molecular weight is 467 g/mol. The van der Waals surface area contributed by atoms with Crippen molar-refractivity contribution in [1.29, 1.82) is 0 Å². The van der Waals surface area contributed by atoms with Crippen LogP contribution in [0.25, 0.3) is 16.9 Å². The first kappa shape index (κ1) is 21.4. The third kappa shape index (κ3) is 3.74. The summed E-state index contributed by atoms with van der Waals surface area (Å²) in [5, 5.41) is 15.5. The summed E-state index contributed by atoms with van der Waals surface area (Å²) in [6.45, 7) is 5.32. The Labute approximate surface area is 202 Å². The van der Waals surface area contributed by atoms with Crippen LogP contribution < -0.4 is 4.90 Å². The molecule has 176 valence electrons. The lowest BCUT2D eigenvalue weighted by molar-refractivity contribution is 0.206. The Balaban J connectivity index is 1.29. The SMILES string of the molecule is Cc1nc(N2CC(c3nc4ccccc4n3C)C2)cc(-n2nc(C)nc2[C@@H](O)c2ccccc2)n1. The van der Waals surface area contributed by atoms with Gasteiger partial charge in [-0.1, -0.05) is 42.5 Å². The fraction of sp³-hybridized carbons (Fsp3) is 0.269. The van der Waals surface area contributed by atoms with Gasteiger partial charge in [0.1, 0.15) is 29.4 Å². The molecule has 1 saturated heterocycles. The summed E-state index contributed by atoms with van der Waals surface area (Å²) >= 11 is 0. The maximum Gasteiger partial charge on any atom is 0.167 e. The number of hydrogen-bond donors (Lipinski definition) is 1. The van der Waals surface area contributed by atoms with Crippen LogP contribution in [0.1, 0.15) is 40.9 Å². The fourth-order valence-electron chi connectivity index (χ4n) is 4.73. The molecule has 6 rings (SSSR count). The van der Waals surface area contributed by atoms with E-state index in [0.29, 0.717) is 29.2 Å². The number of rotatable bonds is 5. The lowest BCUT2D eigenvalue weighted by atomic mass is 9.99. The lowest BCUT2D eigenvalue weighted by Crippen LogP contribution is -2.46. The van der Waals surface area contributed by atoms with E-state index >= 15 is 0 Å². The largest absolute Gasteiger partial charge is 0.380 e. The molecule has 1 fully saturated rings. The van der Waals surface area contributed by atoms with Crippen molar-refractivity contribution in [2.24, 2.45) is 7.05 Å². The van der Waals surface area contributed by atoms with Crippen molar-refractivity contribution in [2.75, 3.05) is 18.0 Å². The number of nitrogens with zero attached hydrogens (tertiary/aromatic N) is 8. The van der Waals surface area contributed by atoms with Crippen LogP contribution in [0.15, 0.2) is 60.7 Å². The van der Waals surface area contributed by atoms with E-state index < -0.39 is 6.10 Å². The molecule has 0 unspecified atom stereocenters. The van der Waals surface area contributed by atoms with Gasteiger partial charge in [0.15, 0.2) is 11.6 Å². The minimum Gasteiger partial charge on any atom is -0.380 e. The smallest absolute Gasteiger partial charge is 0.167 e. The van der Waals surface area contributed by atoms with E-state index in [1.807, 2.05) is 62.4 Å². The Kier molecular flexibility index (Phi) is 5.07. The highest BCUT2D eigenvalue weighted by molar-refractivity contribution is 5.76. The van der Waals surface area contributed by atoms with Crippen molar-refractivity contribution in [3.8, 4) is 5.82 Å². The topological polar surface area (TPSA) is 97.8 Å². The Morgan fingerprint density at radius 2 is 1.57 bits per heavy atom. The highest BCUT2D eigenvalue weighted by atomic mass is 16.3. The van der Waals surface area contributed by atoms with E-state index in [9.17, 15) is 5.11 Å². The zero-order valence-electron chi connectivity index (χ0n) is 19.9. The standard InChI is InChI=1S/C26H26N8O/c1-16-27-22(33-14-19(15-33)25-30-20-11-7-8-12-21(20)32(25)3)13-23(28-16)34-26(29-17(2)31-34)24(35)18-9-5-4-6-10-18/h4-13,19,24,35H,14-15H2,1-3H3/t24-/m0/s1. The van der Waals surface area contributed by atoms with Crippen LogP contribution >= 0.6 is 0 Å². The third-order valence-electron chi connectivity index (χ3n) is 6.52. The molecular weight excluding hydrogens is 440 g/mol. The van der Waals surface area contributed by atoms with Crippen LogP contribution in [0.3, 0.4) is 0 Å². The van der Waals surface area contributed by atoms with Gasteiger partial charge >= 0.3 is 0 Å². The van der Waals surface area contributed by atoms with Crippen LogP contribution in [0.2, 0.25) is 0 Å². The number of aliphatic hydroxyl groups is 1. The van der Waals surface area contributed by atoms with Crippen molar-refractivity contribution in [1.82, 2.24) is 34.3 Å². The number of imidazole rings is 1. The number of aromatic nitrogens is 7. The van der Waals surface area contributed by atoms with Crippen molar-refractivity contribution in [2.45, 2.75) is 25.9 Å². The van der Waals surface area contributed by atoms with Crippen LogP contribution in [0.4, 0.5) is 5.82 Å². The Bertz CT molecular complexity index is 1520. The van der Waals surface area contributed by atoms with Crippen LogP contribution in [-0.4, -0.2) is 52.5 Å². The molecule has 35 heavy (non-hydrogen) atoms. The molecule has 0 saturated carbocycles. The number of benzene rings is 2. The summed E-state index contributed by atoms with van der Waals surface area (Å²) < 4.78 is 3.80. The summed E-state index contributed by atoms with van der Waals surface area (Å²) in [6, 6.07) is 19.6. The predicted octanol–water partition coefficient (Wildman–Crippen LogP) is 3.25. The first-order valence-corrected chi connectivity index (χ1v) is 11.7. The molecule has 1 N–H and O–H groups in total. The summed E-state index contributed by atoms with van der Waals surface area (Å²) in [6.07, 6.45) is -0.915. The number of para-hydroxylation sites is 2. The average Bonchev–Trinajstić information content (AvgIpc) is 3.38. The van der Waals surface area contributed by atoms with E-state index in [1.54, 1.807) is 4.68 Å². The van der Waals surface area contributed by atoms with Crippen molar-refractivity contribution in [3.05, 3.63) is 89.5 Å². The normalized spacial score (nSPS) is 14.9. The summed E-state index contributed by atoms with van der Waals surface area (Å²) in [5.41, 5.74) is 2.92. The van der Waals surface area contributed by atoms with E-state index in [-0.39, 0.29) is 0 Å². The van der Waals surface area contributed by atoms with E-state index in [4.69, 9.17) is 4.98 Å². The van der Waals surface area contributed by atoms with Gasteiger partial charge in [-0.2, -0.15) is 4.68 Å². The molecular formula is C26H26N8O. The second-order valence-electron chi connectivity index (χ2n) is 8.99. The maximum absolute atomic E-state index is 11.0. The van der Waals surface area contributed by atoms with Gasteiger partial charge in [0.25, 0.3) is 0 Å². The van der Waals surface area contributed by atoms with E-state index in [2.05, 4.69) is 48.7 Å². The fourth-order valence-corrected chi connectivity index (χ4v) is 4.73. The molecule has 4 heterocycles. The summed E-state index contributed by atoms with van der Waals surface area (Å²) in [5.74, 6) is 4.47. The van der Waals surface area contributed by atoms with Crippen molar-refractivity contribution < 1.29 is 5.11 Å². The molecule has 0 amide bonds. The molecule has 1 atom stereocenters. The molecule has 0 radical (unpaired) electrons. The van der Waals surface area contributed by atoms with Gasteiger partial charge in [0.2, 0.25) is 0 Å². The number of fused-ring (bicyclic) bond motifs is 1. The molecule has 9 heteroatoms. The molecule has 1 aliphatic rings. The highest BCUT2D eigenvalue weighted by Gasteiger charge is 2.33. The molecule has 0 bridgehead atoms. The number of anilines is 1. The number of hydrogen-bond acceptors (Lipinski definition) is 7. The third-order valence-corrected chi connectivity index (χ3v) is 6.52. The Hall–Kier alpha value is -4.11. The van der Waals surface area contributed by atoms with Gasteiger partial charge in [-0.05, 0) is 31.5 Å². The number of aryl methyl sites for hydroxylation is 3. The lowest BCUT2D eigenvalue weighted by Gasteiger charge is -2.39. The van der Waals surface area contributed by atoms with Crippen molar-refractivity contribution in [3.63, 3.8) is 0 Å². The maximum atomic E-state index is 11.0. The number of aliphatic hydroxyl groups excluding tert-OH is 1. The Morgan fingerprint density at radius 1 is 0.857 bits per heavy atom. The first-order valence-electron chi connectivity index (χ1n) is 11.7. The monoisotopic (exact) mass is 466 g/mol. The zero-order chi connectivity index (χ0) is 24.1. The molecule has 1 aliphatic heterocycles. The molecule has 3 aromatic heterocycles. The second-order valence-corrected chi connectivity index (χ2v) is 8.99. The van der Waals surface area contributed by atoms with E-state index in [0.717, 1.165) is 41.3 Å².